The van der Waals surface area contributed by atoms with Crippen molar-refractivity contribution >= 4 is 5.97 Å². The fraction of sp³-hybridized carbons (Fsp3) is 0.360. The molecule has 33 heavy (non-hydrogen) atoms. The molecule has 0 fully saturated rings. The van der Waals surface area contributed by atoms with Gasteiger partial charge in [0.25, 0.3) is 0 Å². The maximum Gasteiger partial charge on any atom is 1.00 e. The summed E-state index contributed by atoms with van der Waals surface area (Å²) < 4.78 is 15.7. The van der Waals surface area contributed by atoms with Gasteiger partial charge in [0.15, 0.2) is 0 Å². The Labute approximate surface area is 216 Å². The van der Waals surface area contributed by atoms with E-state index in [2.05, 4.69) is 23.4 Å². The van der Waals surface area contributed by atoms with Gasteiger partial charge in [-0.25, -0.2) is 4.39 Å². The van der Waals surface area contributed by atoms with E-state index >= 15 is 0 Å². The number of benzene rings is 1. The van der Waals surface area contributed by atoms with Crippen molar-refractivity contribution in [2.45, 2.75) is 57.8 Å². The number of rotatable bonds is 10. The van der Waals surface area contributed by atoms with E-state index < -0.39 is 24.6 Å². The van der Waals surface area contributed by atoms with E-state index in [0.717, 1.165) is 28.1 Å². The monoisotopic (exact) mass is 464 g/mol. The van der Waals surface area contributed by atoms with Crippen molar-refractivity contribution in [3.05, 3.63) is 66.4 Å². The topological polar surface area (TPSA) is 95.6 Å². The fourth-order valence-electron chi connectivity index (χ4n) is 3.96. The third-order valence-corrected chi connectivity index (χ3v) is 5.44. The Morgan fingerprint density at radius 3 is 2.39 bits per heavy atom. The van der Waals surface area contributed by atoms with Crippen LogP contribution in [-0.4, -0.2) is 43.0 Å². The van der Waals surface area contributed by atoms with Gasteiger partial charge in [-0.3, -0.25) is 9.78 Å². The van der Waals surface area contributed by atoms with E-state index in [-0.39, 0.29) is 49.3 Å². The zero-order valence-electron chi connectivity index (χ0n) is 20.3. The molecule has 3 aromatic rings. The second-order valence-electron chi connectivity index (χ2n) is 8.27. The Kier molecular flexibility index (Phi) is 10.3. The number of hydrogen-bond acceptors (Lipinski definition) is 4. The molecule has 2 unspecified atom stereocenters. The number of aliphatic hydroxyl groups excluding tert-OH is 2. The number of halogens is 1. The van der Waals surface area contributed by atoms with Gasteiger partial charge in [-0.15, -0.1) is 0 Å². The van der Waals surface area contributed by atoms with Crippen molar-refractivity contribution < 1.29 is 55.5 Å². The maximum atomic E-state index is 13.6. The third kappa shape index (κ3) is 7.22. The molecule has 172 valence electrons. The molecule has 0 saturated heterocycles. The van der Waals surface area contributed by atoms with Crippen LogP contribution < -0.4 is 29.6 Å². The molecule has 2 atom stereocenters. The molecule has 0 bridgehead atoms. The molecule has 0 amide bonds. The van der Waals surface area contributed by atoms with Crippen LogP contribution in [-0.2, 0) is 11.2 Å². The van der Waals surface area contributed by atoms with Gasteiger partial charge in [-0.2, -0.15) is 0 Å². The summed E-state index contributed by atoms with van der Waals surface area (Å²) in [5.74, 6) is -1.42. The number of carboxylic acid groups (broad SMARTS) is 1. The van der Waals surface area contributed by atoms with Crippen LogP contribution in [0.1, 0.15) is 46.3 Å². The van der Waals surface area contributed by atoms with E-state index in [9.17, 15) is 19.4 Å². The number of carboxylic acids is 1. The molecule has 0 saturated carbocycles. The Bertz CT molecular complexity index is 1050. The number of hydrogen-bond donors (Lipinski definition) is 3. The minimum absolute atomic E-state index is 0. The molecule has 0 aliphatic carbocycles. The van der Waals surface area contributed by atoms with Crippen molar-refractivity contribution in [1.82, 2.24) is 9.55 Å². The van der Waals surface area contributed by atoms with Gasteiger partial charge in [-0.1, -0.05) is 18.2 Å². The van der Waals surface area contributed by atoms with Crippen LogP contribution in [0.5, 0.6) is 0 Å². The van der Waals surface area contributed by atoms with Gasteiger partial charge >= 0.3 is 35.5 Å². The molecule has 3 rings (SSSR count). The summed E-state index contributed by atoms with van der Waals surface area (Å²) >= 11 is 0. The first kappa shape index (κ1) is 27.2. The van der Waals surface area contributed by atoms with Crippen molar-refractivity contribution in [2.75, 3.05) is 0 Å². The zero-order valence-corrected chi connectivity index (χ0v) is 21.3. The summed E-state index contributed by atoms with van der Waals surface area (Å²) in [6.07, 6.45) is 2.26. The van der Waals surface area contributed by atoms with E-state index in [1.807, 2.05) is 24.4 Å². The number of carbonyl (C=O) groups is 1. The summed E-state index contributed by atoms with van der Waals surface area (Å²) in [6, 6.07) is 12.1. The van der Waals surface area contributed by atoms with Gasteiger partial charge in [0.1, 0.15) is 5.82 Å². The smallest absolute Gasteiger partial charge is 1.00 e. The number of pyridine rings is 1. The zero-order chi connectivity index (χ0) is 23.3. The standard InChI is InChI=1S/C25H29FN2O4.Na.H/c1-16(2)28-15-21(22-5-3-4-12-27-22)25(17-6-8-18(26)9-7-17)23(28)11-10-19(29)13-20(30)14-24(31)32;;/h3-9,12,15-16,19-20,29-30H,10-11,13-14H2,1-2H3,(H,31,32);;/q;+1;-1. The predicted octanol–water partition coefficient (Wildman–Crippen LogP) is 1.57. The molecule has 6 nitrogen and oxygen atoms in total. The second kappa shape index (κ2) is 12.4. The average molecular weight is 465 g/mol. The Morgan fingerprint density at radius 1 is 1.12 bits per heavy atom. The first-order chi connectivity index (χ1) is 15.3. The van der Waals surface area contributed by atoms with Crippen LogP contribution in [0, 0.1) is 5.82 Å². The quantitative estimate of drug-likeness (QED) is 0.396. The minimum Gasteiger partial charge on any atom is -1.00 e. The molecule has 0 radical (unpaired) electrons. The van der Waals surface area contributed by atoms with Gasteiger partial charge in [-0.05, 0) is 62.9 Å². The molecule has 2 heterocycles. The Balaban J connectivity index is 0.00000289. The molecule has 0 spiro atoms. The van der Waals surface area contributed by atoms with Gasteiger partial charge in [0.2, 0.25) is 0 Å². The first-order valence-corrected chi connectivity index (χ1v) is 10.7. The largest absolute Gasteiger partial charge is 1.00 e. The number of aromatic nitrogens is 2. The maximum absolute atomic E-state index is 13.6. The number of nitrogens with zero attached hydrogens (tertiary/aromatic N) is 2. The Hall–Kier alpha value is -2.03. The summed E-state index contributed by atoms with van der Waals surface area (Å²) in [7, 11) is 0. The van der Waals surface area contributed by atoms with Crippen molar-refractivity contribution in [1.29, 1.82) is 0 Å². The van der Waals surface area contributed by atoms with E-state index in [4.69, 9.17) is 5.11 Å². The SMILES string of the molecule is CC(C)n1cc(-c2ccccn2)c(-c2ccc(F)cc2)c1CCC(O)CC(O)CC(=O)O.[H-].[Na+]. The number of aliphatic carboxylic acids is 1. The predicted molar refractivity (Wildman–Crippen MR) is 122 cm³/mol. The van der Waals surface area contributed by atoms with E-state index in [1.54, 1.807) is 18.3 Å². The molecular formula is C25H30FN2NaO4. The second-order valence-corrected chi connectivity index (χ2v) is 8.27. The van der Waals surface area contributed by atoms with Crippen LogP contribution in [0.15, 0.2) is 54.9 Å². The summed E-state index contributed by atoms with van der Waals surface area (Å²) in [4.78, 5) is 15.3. The van der Waals surface area contributed by atoms with E-state index in [0.29, 0.717) is 12.8 Å². The van der Waals surface area contributed by atoms with Gasteiger partial charge in [0, 0.05) is 35.3 Å². The molecule has 2 aromatic heterocycles. The minimum atomic E-state index is -1.10. The Morgan fingerprint density at radius 2 is 1.82 bits per heavy atom. The van der Waals surface area contributed by atoms with Crippen LogP contribution in [0.25, 0.3) is 22.4 Å². The van der Waals surface area contributed by atoms with Crippen molar-refractivity contribution in [3.63, 3.8) is 0 Å². The van der Waals surface area contributed by atoms with Crippen LogP contribution >= 0.6 is 0 Å². The summed E-state index contributed by atoms with van der Waals surface area (Å²) in [5, 5.41) is 29.1. The summed E-state index contributed by atoms with van der Waals surface area (Å²) in [6.45, 7) is 4.13. The molecule has 0 aliphatic heterocycles. The van der Waals surface area contributed by atoms with Crippen molar-refractivity contribution in [3.8, 4) is 22.4 Å². The molecule has 0 aliphatic rings. The summed E-state index contributed by atoms with van der Waals surface area (Å²) in [5.41, 5.74) is 4.46. The average Bonchev–Trinajstić information content (AvgIpc) is 3.12. The van der Waals surface area contributed by atoms with Crippen LogP contribution in [0.3, 0.4) is 0 Å². The molecule has 3 N–H and O–H groups in total. The van der Waals surface area contributed by atoms with Gasteiger partial charge in [0.05, 0.1) is 24.3 Å². The normalized spacial score (nSPS) is 12.9. The van der Waals surface area contributed by atoms with E-state index in [1.165, 1.54) is 12.1 Å². The fourth-order valence-corrected chi connectivity index (χ4v) is 3.96. The third-order valence-electron chi connectivity index (χ3n) is 5.44. The molecule has 8 heteroatoms. The first-order valence-electron chi connectivity index (χ1n) is 10.7. The molecule has 1 aromatic carbocycles. The van der Waals surface area contributed by atoms with Crippen LogP contribution in [0.4, 0.5) is 4.39 Å². The number of aliphatic hydroxyl groups is 2. The van der Waals surface area contributed by atoms with Crippen LogP contribution in [0.2, 0.25) is 0 Å². The molecular weight excluding hydrogens is 434 g/mol. The van der Waals surface area contributed by atoms with Gasteiger partial charge < -0.3 is 21.3 Å². The van der Waals surface area contributed by atoms with Crippen molar-refractivity contribution in [2.24, 2.45) is 0 Å².